The van der Waals surface area contributed by atoms with Crippen molar-refractivity contribution in [1.29, 1.82) is 0 Å². The fraction of sp³-hybridized carbons (Fsp3) is 0.222. The van der Waals surface area contributed by atoms with Crippen LogP contribution in [0.4, 0.5) is 10.1 Å². The van der Waals surface area contributed by atoms with Crippen molar-refractivity contribution in [3.05, 3.63) is 59.9 Å². The van der Waals surface area contributed by atoms with Gasteiger partial charge < -0.3 is 9.64 Å². The maximum Gasteiger partial charge on any atom is 0.197 e. The number of hydrogen-bond donors (Lipinski definition) is 0. The Morgan fingerprint density at radius 1 is 1.04 bits per heavy atom. The molecule has 0 saturated carbocycles. The molecule has 0 fully saturated rings. The lowest BCUT2D eigenvalue weighted by Gasteiger charge is -2.31. The number of benzene rings is 1. The zero-order chi connectivity index (χ0) is 17.2. The normalized spacial score (nSPS) is 12.9. The molecule has 3 heterocycles. The Hall–Kier alpha value is -2.80. The third-order valence-electron chi connectivity index (χ3n) is 4.25. The predicted octanol–water partition coefficient (Wildman–Crippen LogP) is 3.07. The monoisotopic (exact) mass is 373 g/mol. The van der Waals surface area contributed by atoms with E-state index in [1.165, 1.54) is 6.07 Å². The molecule has 0 saturated heterocycles. The maximum absolute atomic E-state index is 13.8. The highest BCUT2D eigenvalue weighted by molar-refractivity contribution is 5.85. The molecule has 0 amide bonds. The van der Waals surface area contributed by atoms with E-state index in [2.05, 4.69) is 24.8 Å². The van der Waals surface area contributed by atoms with Gasteiger partial charge in [-0.1, -0.05) is 0 Å². The molecule has 0 spiro atoms. The summed E-state index contributed by atoms with van der Waals surface area (Å²) in [5, 5.41) is 0. The zero-order valence-electron chi connectivity index (χ0n) is 14.1. The average Bonchev–Trinajstić information content (AvgIpc) is 2.67. The van der Waals surface area contributed by atoms with Gasteiger partial charge in [0.25, 0.3) is 0 Å². The summed E-state index contributed by atoms with van der Waals surface area (Å²) in [6.07, 6.45) is 7.59. The van der Waals surface area contributed by atoms with Gasteiger partial charge in [0.2, 0.25) is 0 Å². The van der Waals surface area contributed by atoms with Gasteiger partial charge in [0.15, 0.2) is 11.6 Å². The number of hydrogen-bond acceptors (Lipinski definition) is 6. The molecule has 2 aromatic heterocycles. The summed E-state index contributed by atoms with van der Waals surface area (Å²) < 4.78 is 19.1. The van der Waals surface area contributed by atoms with Crippen molar-refractivity contribution in [3.63, 3.8) is 0 Å². The smallest absolute Gasteiger partial charge is 0.197 e. The van der Waals surface area contributed by atoms with Crippen LogP contribution in [0.3, 0.4) is 0 Å². The number of fused-ring (bicyclic) bond motifs is 1. The Kier molecular flexibility index (Phi) is 5.27. The third-order valence-corrected chi connectivity index (χ3v) is 4.25. The van der Waals surface area contributed by atoms with Crippen LogP contribution in [0, 0.1) is 5.82 Å². The molecule has 26 heavy (non-hydrogen) atoms. The summed E-state index contributed by atoms with van der Waals surface area (Å²) in [5.74, 6) is 1.30. The molecule has 0 aliphatic carbocycles. The summed E-state index contributed by atoms with van der Waals surface area (Å²) in [5.41, 5.74) is 2.88. The fourth-order valence-electron chi connectivity index (χ4n) is 3.04. The standard InChI is InChI=1S/C18H16FN5O.ClH/c1-25-16-8-13(19)7-12-11-24(6-3-15(12)16)14-9-22-18(23-10-14)17-20-4-2-5-21-17;/h2,4-5,7-10H,3,6,11H2,1H3;1H. The predicted molar refractivity (Wildman–Crippen MR) is 98.0 cm³/mol. The SMILES string of the molecule is COc1cc(F)cc2c1CCN(c1cnc(-c3ncccn3)nc1)C2.Cl. The number of rotatable bonds is 3. The van der Waals surface area contributed by atoms with Crippen LogP contribution in [-0.2, 0) is 13.0 Å². The minimum absolute atomic E-state index is 0. The van der Waals surface area contributed by atoms with Crippen LogP contribution in [0.15, 0.2) is 43.0 Å². The van der Waals surface area contributed by atoms with Crippen LogP contribution in [0.5, 0.6) is 5.75 Å². The molecule has 0 N–H and O–H groups in total. The van der Waals surface area contributed by atoms with Crippen molar-refractivity contribution in [2.75, 3.05) is 18.6 Å². The van der Waals surface area contributed by atoms with Crippen LogP contribution < -0.4 is 9.64 Å². The van der Waals surface area contributed by atoms with E-state index in [0.717, 1.165) is 29.8 Å². The van der Waals surface area contributed by atoms with Gasteiger partial charge in [-0.15, -0.1) is 12.4 Å². The molecule has 1 aliphatic rings. The summed E-state index contributed by atoms with van der Waals surface area (Å²) in [6, 6.07) is 4.75. The van der Waals surface area contributed by atoms with Crippen molar-refractivity contribution in [1.82, 2.24) is 19.9 Å². The first-order valence-corrected chi connectivity index (χ1v) is 7.94. The first kappa shape index (κ1) is 18.0. The highest BCUT2D eigenvalue weighted by Gasteiger charge is 2.21. The van der Waals surface area contributed by atoms with E-state index in [1.54, 1.807) is 44.0 Å². The van der Waals surface area contributed by atoms with Crippen molar-refractivity contribution in [2.24, 2.45) is 0 Å². The first-order chi connectivity index (χ1) is 12.2. The van der Waals surface area contributed by atoms with E-state index < -0.39 is 0 Å². The molecule has 0 radical (unpaired) electrons. The van der Waals surface area contributed by atoms with Gasteiger partial charge in [0.1, 0.15) is 11.6 Å². The number of aromatic nitrogens is 4. The Morgan fingerprint density at radius 2 is 1.73 bits per heavy atom. The van der Waals surface area contributed by atoms with E-state index in [4.69, 9.17) is 4.74 Å². The number of methoxy groups -OCH3 is 1. The van der Waals surface area contributed by atoms with Crippen molar-refractivity contribution < 1.29 is 9.13 Å². The van der Waals surface area contributed by atoms with Crippen molar-refractivity contribution >= 4 is 18.1 Å². The third kappa shape index (κ3) is 3.43. The molecule has 4 rings (SSSR count). The molecule has 8 heteroatoms. The molecule has 0 bridgehead atoms. The summed E-state index contributed by atoms with van der Waals surface area (Å²) in [6.45, 7) is 1.38. The average molecular weight is 374 g/mol. The molecule has 0 atom stereocenters. The van der Waals surface area contributed by atoms with Gasteiger partial charge >= 0.3 is 0 Å². The zero-order valence-corrected chi connectivity index (χ0v) is 14.9. The van der Waals surface area contributed by atoms with Gasteiger partial charge in [0, 0.05) is 37.1 Å². The second kappa shape index (κ2) is 7.61. The largest absolute Gasteiger partial charge is 0.496 e. The van der Waals surface area contributed by atoms with E-state index >= 15 is 0 Å². The van der Waals surface area contributed by atoms with Crippen LogP contribution in [0.1, 0.15) is 11.1 Å². The van der Waals surface area contributed by atoms with E-state index in [-0.39, 0.29) is 18.2 Å². The number of anilines is 1. The van der Waals surface area contributed by atoms with Gasteiger partial charge in [-0.25, -0.2) is 24.3 Å². The Labute approximate surface area is 156 Å². The highest BCUT2D eigenvalue weighted by Crippen LogP contribution is 2.31. The van der Waals surface area contributed by atoms with Crippen molar-refractivity contribution in [3.8, 4) is 17.4 Å². The quantitative estimate of drug-likeness (QED) is 0.703. The minimum Gasteiger partial charge on any atom is -0.496 e. The molecule has 6 nitrogen and oxygen atoms in total. The summed E-state index contributed by atoms with van der Waals surface area (Å²) in [4.78, 5) is 19.1. The molecule has 3 aromatic rings. The summed E-state index contributed by atoms with van der Waals surface area (Å²) >= 11 is 0. The van der Waals surface area contributed by atoms with E-state index in [0.29, 0.717) is 23.9 Å². The first-order valence-electron chi connectivity index (χ1n) is 7.94. The van der Waals surface area contributed by atoms with Crippen LogP contribution >= 0.6 is 12.4 Å². The maximum atomic E-state index is 13.8. The number of nitrogens with zero attached hydrogens (tertiary/aromatic N) is 5. The van der Waals surface area contributed by atoms with Gasteiger partial charge in [-0.05, 0) is 24.1 Å². The Morgan fingerprint density at radius 3 is 2.42 bits per heavy atom. The molecular formula is C18H17ClFN5O. The highest BCUT2D eigenvalue weighted by atomic mass is 35.5. The van der Waals surface area contributed by atoms with Crippen LogP contribution in [0.25, 0.3) is 11.6 Å². The molecule has 1 aliphatic heterocycles. The molecule has 134 valence electrons. The Balaban J connectivity index is 0.00000196. The molecule has 0 unspecified atom stereocenters. The molecular weight excluding hydrogens is 357 g/mol. The lowest BCUT2D eigenvalue weighted by molar-refractivity contribution is 0.403. The van der Waals surface area contributed by atoms with Crippen molar-refractivity contribution in [2.45, 2.75) is 13.0 Å². The minimum atomic E-state index is -0.287. The second-order valence-electron chi connectivity index (χ2n) is 5.75. The number of ether oxygens (including phenoxy) is 1. The lowest BCUT2D eigenvalue weighted by atomic mass is 9.98. The topological polar surface area (TPSA) is 64.0 Å². The van der Waals surface area contributed by atoms with Gasteiger partial charge in [-0.3, -0.25) is 0 Å². The van der Waals surface area contributed by atoms with Gasteiger partial charge in [0.05, 0.1) is 25.2 Å². The lowest BCUT2D eigenvalue weighted by Crippen LogP contribution is -2.31. The van der Waals surface area contributed by atoms with Gasteiger partial charge in [-0.2, -0.15) is 0 Å². The Bertz CT molecular complexity index is 892. The fourth-order valence-corrected chi connectivity index (χ4v) is 3.04. The second-order valence-corrected chi connectivity index (χ2v) is 5.75. The van der Waals surface area contributed by atoms with Crippen LogP contribution in [0.2, 0.25) is 0 Å². The summed E-state index contributed by atoms with van der Waals surface area (Å²) in [7, 11) is 1.57. The van der Waals surface area contributed by atoms with Crippen LogP contribution in [-0.4, -0.2) is 33.6 Å². The van der Waals surface area contributed by atoms with E-state index in [1.807, 2.05) is 0 Å². The molecule has 1 aromatic carbocycles. The van der Waals surface area contributed by atoms with E-state index in [9.17, 15) is 4.39 Å². The number of halogens is 2.